The zero-order chi connectivity index (χ0) is 19.1. The number of ether oxygens (including phenoxy) is 2. The number of methoxy groups -OCH3 is 2. The standard InChI is InChI=1S/C22H28N2O3/c1-26-20-14-19(15-21(16-20)27-2)17-7-6-8-18(13-17)22(25)23-9-12-24-10-4-3-5-11-24/h6-8,13-16H,3-5,9-12H2,1-2H3,(H,23,25). The molecular weight excluding hydrogens is 340 g/mol. The lowest BCUT2D eigenvalue weighted by atomic mass is 10.0. The Morgan fingerprint density at radius 2 is 1.67 bits per heavy atom. The van der Waals surface area contributed by atoms with Crippen LogP contribution in [0.4, 0.5) is 0 Å². The summed E-state index contributed by atoms with van der Waals surface area (Å²) < 4.78 is 10.7. The molecule has 2 aromatic carbocycles. The molecule has 1 fully saturated rings. The summed E-state index contributed by atoms with van der Waals surface area (Å²) in [6.07, 6.45) is 3.85. The van der Waals surface area contributed by atoms with Crippen molar-refractivity contribution in [1.82, 2.24) is 10.2 Å². The van der Waals surface area contributed by atoms with Crippen LogP contribution in [0, 0.1) is 0 Å². The Morgan fingerprint density at radius 3 is 2.33 bits per heavy atom. The first-order chi connectivity index (χ1) is 13.2. The highest BCUT2D eigenvalue weighted by molar-refractivity contribution is 5.95. The van der Waals surface area contributed by atoms with Gasteiger partial charge in [0.15, 0.2) is 0 Å². The monoisotopic (exact) mass is 368 g/mol. The van der Waals surface area contributed by atoms with E-state index in [4.69, 9.17) is 9.47 Å². The van der Waals surface area contributed by atoms with Gasteiger partial charge in [0.1, 0.15) is 11.5 Å². The van der Waals surface area contributed by atoms with E-state index in [1.165, 1.54) is 19.3 Å². The van der Waals surface area contributed by atoms with Crippen LogP contribution in [0.15, 0.2) is 42.5 Å². The molecule has 1 aliphatic rings. The summed E-state index contributed by atoms with van der Waals surface area (Å²) in [4.78, 5) is 15.0. The quantitative estimate of drug-likeness (QED) is 0.811. The van der Waals surface area contributed by atoms with Crippen LogP contribution in [0.2, 0.25) is 0 Å². The highest BCUT2D eigenvalue weighted by Gasteiger charge is 2.12. The van der Waals surface area contributed by atoms with Gasteiger partial charge in [-0.25, -0.2) is 0 Å². The fraction of sp³-hybridized carbons (Fsp3) is 0.409. The van der Waals surface area contributed by atoms with Gasteiger partial charge in [-0.05, 0) is 61.3 Å². The van der Waals surface area contributed by atoms with E-state index in [2.05, 4.69) is 10.2 Å². The average molecular weight is 368 g/mol. The van der Waals surface area contributed by atoms with Gasteiger partial charge in [0.25, 0.3) is 5.91 Å². The van der Waals surface area contributed by atoms with Crippen LogP contribution in [0.1, 0.15) is 29.6 Å². The van der Waals surface area contributed by atoms with Crippen molar-refractivity contribution in [3.05, 3.63) is 48.0 Å². The first-order valence-corrected chi connectivity index (χ1v) is 9.53. The van der Waals surface area contributed by atoms with Gasteiger partial charge < -0.3 is 19.7 Å². The predicted molar refractivity (Wildman–Crippen MR) is 108 cm³/mol. The van der Waals surface area contributed by atoms with E-state index in [-0.39, 0.29) is 5.91 Å². The number of carbonyl (C=O) groups excluding carboxylic acids is 1. The van der Waals surface area contributed by atoms with Crippen molar-refractivity contribution in [3.8, 4) is 22.6 Å². The molecule has 0 bridgehead atoms. The maximum Gasteiger partial charge on any atom is 0.251 e. The SMILES string of the molecule is COc1cc(OC)cc(-c2cccc(C(=O)NCCN3CCCCC3)c2)c1. The Balaban J connectivity index is 1.66. The largest absolute Gasteiger partial charge is 0.497 e. The summed E-state index contributed by atoms with van der Waals surface area (Å²) in [7, 11) is 3.26. The van der Waals surface area contributed by atoms with Crippen LogP contribution in [-0.4, -0.2) is 51.2 Å². The highest BCUT2D eigenvalue weighted by atomic mass is 16.5. The lowest BCUT2D eigenvalue weighted by molar-refractivity contribution is 0.0946. The zero-order valence-electron chi connectivity index (χ0n) is 16.2. The third kappa shape index (κ3) is 5.23. The summed E-state index contributed by atoms with van der Waals surface area (Å²) in [6.45, 7) is 3.88. The zero-order valence-corrected chi connectivity index (χ0v) is 16.2. The van der Waals surface area contributed by atoms with E-state index in [9.17, 15) is 4.79 Å². The smallest absolute Gasteiger partial charge is 0.251 e. The molecule has 0 aliphatic carbocycles. The second-order valence-electron chi connectivity index (χ2n) is 6.84. The normalized spacial score (nSPS) is 14.6. The van der Waals surface area contributed by atoms with Crippen molar-refractivity contribution in [2.45, 2.75) is 19.3 Å². The maximum atomic E-state index is 12.5. The summed E-state index contributed by atoms with van der Waals surface area (Å²) in [5.74, 6) is 1.41. The van der Waals surface area contributed by atoms with Crippen LogP contribution in [0.25, 0.3) is 11.1 Å². The number of likely N-dealkylation sites (tertiary alicyclic amines) is 1. The Hall–Kier alpha value is -2.53. The van der Waals surface area contributed by atoms with Gasteiger partial charge in [0.05, 0.1) is 14.2 Å². The van der Waals surface area contributed by atoms with E-state index in [1.54, 1.807) is 14.2 Å². The molecule has 5 nitrogen and oxygen atoms in total. The molecule has 1 heterocycles. The molecule has 3 rings (SSSR count). The highest BCUT2D eigenvalue weighted by Crippen LogP contribution is 2.30. The van der Waals surface area contributed by atoms with Crippen molar-refractivity contribution < 1.29 is 14.3 Å². The van der Waals surface area contributed by atoms with Gasteiger partial charge in [0.2, 0.25) is 0 Å². The molecule has 0 spiro atoms. The van der Waals surface area contributed by atoms with Crippen LogP contribution in [0.3, 0.4) is 0 Å². The third-order valence-corrected chi connectivity index (χ3v) is 4.97. The van der Waals surface area contributed by atoms with Gasteiger partial charge in [0, 0.05) is 24.7 Å². The first-order valence-electron chi connectivity index (χ1n) is 9.53. The predicted octanol–water partition coefficient (Wildman–Crippen LogP) is 3.59. The Labute approximate surface area is 161 Å². The summed E-state index contributed by atoms with van der Waals surface area (Å²) >= 11 is 0. The molecule has 27 heavy (non-hydrogen) atoms. The van der Waals surface area contributed by atoms with Crippen LogP contribution < -0.4 is 14.8 Å². The molecule has 1 amide bonds. The number of piperidine rings is 1. The molecule has 0 unspecified atom stereocenters. The van der Waals surface area contributed by atoms with Crippen LogP contribution in [0.5, 0.6) is 11.5 Å². The Morgan fingerprint density at radius 1 is 0.963 bits per heavy atom. The Kier molecular flexibility index (Phi) is 6.71. The molecule has 1 saturated heterocycles. The van der Waals surface area contributed by atoms with Gasteiger partial charge in [-0.2, -0.15) is 0 Å². The molecular formula is C22H28N2O3. The molecule has 0 atom stereocenters. The van der Waals surface area contributed by atoms with Crippen LogP contribution in [-0.2, 0) is 0 Å². The first kappa shape index (κ1) is 19.2. The second-order valence-corrected chi connectivity index (χ2v) is 6.84. The number of rotatable bonds is 7. The minimum absolute atomic E-state index is 0.0382. The third-order valence-electron chi connectivity index (χ3n) is 4.97. The lowest BCUT2D eigenvalue weighted by Gasteiger charge is -2.26. The molecule has 0 saturated carbocycles. The molecule has 1 aliphatic heterocycles. The fourth-order valence-corrected chi connectivity index (χ4v) is 3.43. The molecule has 0 radical (unpaired) electrons. The van der Waals surface area contributed by atoms with E-state index in [0.29, 0.717) is 12.1 Å². The van der Waals surface area contributed by atoms with Crippen molar-refractivity contribution in [2.24, 2.45) is 0 Å². The lowest BCUT2D eigenvalue weighted by Crippen LogP contribution is -2.37. The summed E-state index contributed by atoms with van der Waals surface area (Å²) in [5.41, 5.74) is 2.57. The Bertz CT molecular complexity index is 748. The van der Waals surface area contributed by atoms with Crippen molar-refractivity contribution in [3.63, 3.8) is 0 Å². The number of nitrogens with one attached hydrogen (secondary N) is 1. The molecule has 1 N–H and O–H groups in total. The number of benzene rings is 2. The minimum Gasteiger partial charge on any atom is -0.497 e. The van der Waals surface area contributed by atoms with Crippen molar-refractivity contribution >= 4 is 5.91 Å². The molecule has 2 aromatic rings. The van der Waals surface area contributed by atoms with Gasteiger partial charge in [-0.3, -0.25) is 4.79 Å². The number of amides is 1. The van der Waals surface area contributed by atoms with E-state index >= 15 is 0 Å². The number of hydrogen-bond donors (Lipinski definition) is 1. The number of hydrogen-bond acceptors (Lipinski definition) is 4. The molecule has 144 valence electrons. The summed E-state index contributed by atoms with van der Waals surface area (Å²) in [5, 5.41) is 3.04. The average Bonchev–Trinajstić information content (AvgIpc) is 2.74. The fourth-order valence-electron chi connectivity index (χ4n) is 3.43. The van der Waals surface area contributed by atoms with E-state index < -0.39 is 0 Å². The van der Waals surface area contributed by atoms with Crippen molar-refractivity contribution in [2.75, 3.05) is 40.4 Å². The van der Waals surface area contributed by atoms with Gasteiger partial charge >= 0.3 is 0 Å². The summed E-state index contributed by atoms with van der Waals surface area (Å²) in [6, 6.07) is 13.4. The van der Waals surface area contributed by atoms with E-state index in [1.807, 2.05) is 42.5 Å². The van der Waals surface area contributed by atoms with Gasteiger partial charge in [-0.15, -0.1) is 0 Å². The molecule has 0 aromatic heterocycles. The topological polar surface area (TPSA) is 50.8 Å². The van der Waals surface area contributed by atoms with E-state index in [0.717, 1.165) is 42.3 Å². The minimum atomic E-state index is -0.0382. The second kappa shape index (κ2) is 9.42. The number of carbonyl (C=O) groups is 1. The maximum absolute atomic E-state index is 12.5. The van der Waals surface area contributed by atoms with Gasteiger partial charge in [-0.1, -0.05) is 18.6 Å². The number of nitrogens with zero attached hydrogens (tertiary/aromatic N) is 1. The van der Waals surface area contributed by atoms with Crippen LogP contribution >= 0.6 is 0 Å². The van der Waals surface area contributed by atoms with Crippen molar-refractivity contribution in [1.29, 1.82) is 0 Å². The molecule has 5 heteroatoms.